The molecule has 16 heavy (non-hydrogen) atoms. The van der Waals surface area contributed by atoms with E-state index in [0.29, 0.717) is 5.56 Å². The minimum absolute atomic E-state index is 0.00134. The first-order valence-electron chi connectivity index (χ1n) is 4.38. The van der Waals surface area contributed by atoms with Crippen LogP contribution in [0.1, 0.15) is 22.3 Å². The van der Waals surface area contributed by atoms with E-state index in [0.717, 1.165) is 6.07 Å². The summed E-state index contributed by atoms with van der Waals surface area (Å²) in [4.78, 5) is 0. The van der Waals surface area contributed by atoms with Crippen molar-refractivity contribution in [2.45, 2.75) is 19.5 Å². The van der Waals surface area contributed by atoms with Crippen molar-refractivity contribution in [3.63, 3.8) is 0 Å². The van der Waals surface area contributed by atoms with E-state index in [1.807, 2.05) is 6.07 Å². The van der Waals surface area contributed by atoms with Gasteiger partial charge < -0.3 is 0 Å². The maximum atomic E-state index is 12.5. The molecule has 0 saturated heterocycles. The molecule has 0 heterocycles. The van der Waals surface area contributed by atoms with E-state index in [1.165, 1.54) is 19.1 Å². The van der Waals surface area contributed by atoms with Gasteiger partial charge in [-0.05, 0) is 24.1 Å². The Balaban J connectivity index is 3.44. The molecule has 5 heteroatoms. The summed E-state index contributed by atoms with van der Waals surface area (Å²) in [5.41, 5.74) is -0.680. The van der Waals surface area contributed by atoms with Crippen LogP contribution in [-0.4, -0.2) is 0 Å². The number of benzene rings is 1. The summed E-state index contributed by atoms with van der Waals surface area (Å²) in [5, 5.41) is 17.2. The zero-order chi connectivity index (χ0) is 12.3. The third kappa shape index (κ3) is 2.14. The van der Waals surface area contributed by atoms with Gasteiger partial charge in [0.05, 0.1) is 23.6 Å². The van der Waals surface area contributed by atoms with Crippen molar-refractivity contribution < 1.29 is 13.2 Å². The van der Waals surface area contributed by atoms with Crippen molar-refractivity contribution in [3.8, 4) is 12.1 Å². The second-order valence-corrected chi connectivity index (χ2v) is 3.22. The lowest BCUT2D eigenvalue weighted by Gasteiger charge is -2.12. The molecular formula is C11H7F3N2. The molecule has 82 valence electrons. The van der Waals surface area contributed by atoms with Gasteiger partial charge in [0.2, 0.25) is 0 Å². The summed E-state index contributed by atoms with van der Waals surface area (Å²) in [6.07, 6.45) is -4.54. The highest BCUT2D eigenvalue weighted by Crippen LogP contribution is 2.33. The third-order valence-corrected chi connectivity index (χ3v) is 2.26. The topological polar surface area (TPSA) is 47.6 Å². The Morgan fingerprint density at radius 2 is 1.88 bits per heavy atom. The highest BCUT2D eigenvalue weighted by atomic mass is 19.4. The van der Waals surface area contributed by atoms with Gasteiger partial charge in [-0.3, -0.25) is 0 Å². The summed E-state index contributed by atoms with van der Waals surface area (Å²) in [6, 6.07) is 5.47. The molecule has 0 N–H and O–H groups in total. The summed E-state index contributed by atoms with van der Waals surface area (Å²) >= 11 is 0. The van der Waals surface area contributed by atoms with Crippen LogP contribution in [0.5, 0.6) is 0 Å². The van der Waals surface area contributed by atoms with Gasteiger partial charge in [0.25, 0.3) is 0 Å². The molecule has 0 bridgehead atoms. The number of hydrogen-bond donors (Lipinski definition) is 0. The van der Waals surface area contributed by atoms with E-state index in [2.05, 4.69) is 0 Å². The number of nitriles is 2. The maximum Gasteiger partial charge on any atom is 0.417 e. The fourth-order valence-electron chi connectivity index (χ4n) is 1.41. The first kappa shape index (κ1) is 12.1. The number of alkyl halides is 3. The molecule has 0 unspecified atom stereocenters. The van der Waals surface area contributed by atoms with Crippen LogP contribution in [0.15, 0.2) is 12.1 Å². The molecule has 1 aromatic rings. The SMILES string of the molecule is Cc1c(CC#N)ccc(C(F)(F)F)c1C#N. The monoisotopic (exact) mass is 224 g/mol. The number of hydrogen-bond acceptors (Lipinski definition) is 2. The minimum atomic E-state index is -4.54. The lowest BCUT2D eigenvalue weighted by atomic mass is 9.96. The predicted molar refractivity (Wildman–Crippen MR) is 50.2 cm³/mol. The zero-order valence-electron chi connectivity index (χ0n) is 8.39. The Hall–Kier alpha value is -2.01. The summed E-state index contributed by atoms with van der Waals surface area (Å²) in [6.45, 7) is 1.42. The Bertz CT molecular complexity index is 490. The molecule has 0 aliphatic carbocycles. The van der Waals surface area contributed by atoms with E-state index >= 15 is 0 Å². The van der Waals surface area contributed by atoms with E-state index in [-0.39, 0.29) is 12.0 Å². The molecule has 0 fully saturated rings. The quantitative estimate of drug-likeness (QED) is 0.736. The fraction of sp³-hybridized carbons (Fsp3) is 0.273. The van der Waals surface area contributed by atoms with E-state index < -0.39 is 17.3 Å². The second kappa shape index (κ2) is 4.24. The Kier molecular flexibility index (Phi) is 3.20. The Morgan fingerprint density at radius 3 is 2.31 bits per heavy atom. The lowest BCUT2D eigenvalue weighted by molar-refractivity contribution is -0.137. The van der Waals surface area contributed by atoms with Crippen LogP contribution in [0.3, 0.4) is 0 Å². The molecule has 0 radical (unpaired) electrons. The van der Waals surface area contributed by atoms with Gasteiger partial charge in [-0.15, -0.1) is 0 Å². The van der Waals surface area contributed by atoms with Crippen molar-refractivity contribution in [3.05, 3.63) is 34.4 Å². The standard InChI is InChI=1S/C11H7F3N2/c1-7-8(4-5-15)2-3-10(9(7)6-16)11(12,13)14/h2-3H,4H2,1H3. The number of rotatable bonds is 1. The predicted octanol–water partition coefficient (Wildman–Crippen LogP) is 2.95. The van der Waals surface area contributed by atoms with Gasteiger partial charge in [0.15, 0.2) is 0 Å². The smallest absolute Gasteiger partial charge is 0.198 e. The molecule has 0 aliphatic heterocycles. The van der Waals surface area contributed by atoms with Crippen LogP contribution >= 0.6 is 0 Å². The van der Waals surface area contributed by atoms with Gasteiger partial charge in [-0.25, -0.2) is 0 Å². The minimum Gasteiger partial charge on any atom is -0.198 e. The average Bonchev–Trinajstić information content (AvgIpc) is 2.19. The van der Waals surface area contributed by atoms with E-state index in [1.54, 1.807) is 0 Å². The van der Waals surface area contributed by atoms with Crippen LogP contribution in [-0.2, 0) is 12.6 Å². The highest BCUT2D eigenvalue weighted by molar-refractivity contribution is 5.49. The average molecular weight is 224 g/mol. The molecule has 0 aromatic heterocycles. The van der Waals surface area contributed by atoms with Crippen LogP contribution in [0.25, 0.3) is 0 Å². The largest absolute Gasteiger partial charge is 0.417 e. The van der Waals surface area contributed by atoms with Crippen molar-refractivity contribution in [2.75, 3.05) is 0 Å². The molecule has 0 spiro atoms. The van der Waals surface area contributed by atoms with E-state index in [4.69, 9.17) is 10.5 Å². The second-order valence-electron chi connectivity index (χ2n) is 3.22. The molecule has 1 rings (SSSR count). The maximum absolute atomic E-state index is 12.5. The summed E-state index contributed by atoms with van der Waals surface area (Å²) in [5.74, 6) is 0. The highest BCUT2D eigenvalue weighted by Gasteiger charge is 2.34. The van der Waals surface area contributed by atoms with Gasteiger partial charge in [0, 0.05) is 0 Å². The normalized spacial score (nSPS) is 10.6. The third-order valence-electron chi connectivity index (χ3n) is 2.26. The van der Waals surface area contributed by atoms with Crippen molar-refractivity contribution in [1.82, 2.24) is 0 Å². The summed E-state index contributed by atoms with van der Waals surface area (Å²) < 4.78 is 37.6. The number of halogens is 3. The van der Waals surface area contributed by atoms with Crippen LogP contribution in [0.4, 0.5) is 13.2 Å². The molecule has 0 aliphatic rings. The van der Waals surface area contributed by atoms with Crippen molar-refractivity contribution in [1.29, 1.82) is 10.5 Å². The zero-order valence-corrected chi connectivity index (χ0v) is 8.39. The molecule has 0 amide bonds. The van der Waals surface area contributed by atoms with Gasteiger partial charge in [-0.2, -0.15) is 23.7 Å². The Labute approximate surface area is 90.5 Å². The van der Waals surface area contributed by atoms with Crippen LogP contribution < -0.4 is 0 Å². The van der Waals surface area contributed by atoms with Gasteiger partial charge >= 0.3 is 6.18 Å². The van der Waals surface area contributed by atoms with Crippen molar-refractivity contribution in [2.24, 2.45) is 0 Å². The Morgan fingerprint density at radius 1 is 1.25 bits per heavy atom. The first-order valence-corrected chi connectivity index (χ1v) is 4.38. The molecule has 1 aromatic carbocycles. The lowest BCUT2D eigenvalue weighted by Crippen LogP contribution is -2.10. The number of nitrogens with zero attached hydrogens (tertiary/aromatic N) is 2. The van der Waals surface area contributed by atoms with E-state index in [9.17, 15) is 13.2 Å². The van der Waals surface area contributed by atoms with Gasteiger partial charge in [0.1, 0.15) is 6.07 Å². The molecule has 2 nitrogen and oxygen atoms in total. The molecular weight excluding hydrogens is 217 g/mol. The summed E-state index contributed by atoms with van der Waals surface area (Å²) in [7, 11) is 0. The first-order chi connectivity index (χ1) is 7.41. The van der Waals surface area contributed by atoms with Crippen molar-refractivity contribution >= 4 is 0 Å². The fourth-order valence-corrected chi connectivity index (χ4v) is 1.41. The van der Waals surface area contributed by atoms with Crippen LogP contribution in [0, 0.1) is 29.6 Å². The van der Waals surface area contributed by atoms with Crippen LogP contribution in [0.2, 0.25) is 0 Å². The molecule has 0 atom stereocenters. The molecule has 0 saturated carbocycles. The van der Waals surface area contributed by atoms with Gasteiger partial charge in [-0.1, -0.05) is 6.07 Å².